The van der Waals surface area contributed by atoms with E-state index in [1.54, 1.807) is 0 Å². The predicted octanol–water partition coefficient (Wildman–Crippen LogP) is 4.46. The highest BCUT2D eigenvalue weighted by atomic mass is 16.5. The van der Waals surface area contributed by atoms with Crippen LogP contribution in [-0.2, 0) is 35.6 Å². The van der Waals surface area contributed by atoms with Gasteiger partial charge in [-0.15, -0.1) is 0 Å². The first-order chi connectivity index (χ1) is 19.4. The molecule has 2 bridgehead atoms. The molecule has 0 unspecified atom stereocenters. The standard InChI is InChI=1S/C31H43N7O2/c1-4-37-28-24(17-32-37)27(16-21(2)33-28)36-14-7-26-25(18-36)22(3)35-38(26)20-30-8-11-31(12-9-30,13-10-30)34-29(39)23-6-5-15-40-19-23/h16-17,23H,4-15,18-20H2,1-3H3,(H,34,39)/t23-,30?,31?/m0/s1. The zero-order chi connectivity index (χ0) is 27.5. The zero-order valence-electron chi connectivity index (χ0n) is 24.3. The Kier molecular flexibility index (Phi) is 6.40. The van der Waals surface area contributed by atoms with Gasteiger partial charge in [-0.05, 0) is 83.6 Å². The molecular formula is C31H43N7O2. The molecule has 3 aromatic heterocycles. The molecule has 1 amide bonds. The number of ether oxygens (including phenoxy) is 1. The van der Waals surface area contributed by atoms with Crippen LogP contribution in [0.25, 0.3) is 11.0 Å². The normalized spacial score (nSPS) is 28.2. The number of anilines is 1. The second-order valence-corrected chi connectivity index (χ2v) is 13.0. The van der Waals surface area contributed by atoms with Crippen molar-refractivity contribution in [2.75, 3.05) is 24.7 Å². The molecule has 5 heterocycles. The lowest BCUT2D eigenvalue weighted by atomic mass is 9.57. The zero-order valence-corrected chi connectivity index (χ0v) is 24.3. The van der Waals surface area contributed by atoms with Crippen molar-refractivity contribution in [3.05, 3.63) is 34.9 Å². The molecule has 9 heteroatoms. The van der Waals surface area contributed by atoms with Crippen molar-refractivity contribution in [1.29, 1.82) is 0 Å². The lowest BCUT2D eigenvalue weighted by Crippen LogP contribution is -2.58. The number of hydrogen-bond donors (Lipinski definition) is 1. The van der Waals surface area contributed by atoms with Crippen LogP contribution >= 0.6 is 0 Å². The first-order valence-corrected chi connectivity index (χ1v) is 15.4. The van der Waals surface area contributed by atoms with Crippen LogP contribution < -0.4 is 10.2 Å². The highest BCUT2D eigenvalue weighted by Gasteiger charge is 2.50. The average molecular weight is 546 g/mol. The lowest BCUT2D eigenvalue weighted by molar-refractivity contribution is -0.133. The maximum atomic E-state index is 13.0. The Morgan fingerprint density at radius 3 is 2.67 bits per heavy atom. The Bertz CT molecular complexity index is 1410. The summed E-state index contributed by atoms with van der Waals surface area (Å²) in [5.74, 6) is 0.254. The molecule has 40 heavy (non-hydrogen) atoms. The minimum Gasteiger partial charge on any atom is -0.381 e. The fourth-order valence-electron chi connectivity index (χ4n) is 7.96. The van der Waals surface area contributed by atoms with E-state index in [4.69, 9.17) is 14.8 Å². The molecule has 9 nitrogen and oxygen atoms in total. The van der Waals surface area contributed by atoms with Gasteiger partial charge in [-0.3, -0.25) is 9.48 Å². The van der Waals surface area contributed by atoms with Crippen LogP contribution in [0.2, 0.25) is 0 Å². The molecule has 3 aliphatic carbocycles. The summed E-state index contributed by atoms with van der Waals surface area (Å²) in [5, 5.41) is 14.4. The molecule has 1 saturated heterocycles. The predicted molar refractivity (Wildman–Crippen MR) is 154 cm³/mol. The van der Waals surface area contributed by atoms with E-state index in [0.29, 0.717) is 12.0 Å². The molecule has 1 N–H and O–H groups in total. The number of carbonyl (C=O) groups excluding carboxylic acids is 1. The second-order valence-electron chi connectivity index (χ2n) is 13.0. The van der Waals surface area contributed by atoms with E-state index < -0.39 is 0 Å². The Morgan fingerprint density at radius 1 is 1.15 bits per heavy atom. The molecule has 5 aliphatic rings. The molecular weight excluding hydrogens is 502 g/mol. The van der Waals surface area contributed by atoms with Crippen LogP contribution in [0.4, 0.5) is 5.69 Å². The minimum absolute atomic E-state index is 0.00413. The quantitative estimate of drug-likeness (QED) is 0.492. The number of nitrogens with one attached hydrogen (secondary N) is 1. The number of aryl methyl sites for hydroxylation is 3. The summed E-state index contributed by atoms with van der Waals surface area (Å²) >= 11 is 0. The molecule has 214 valence electrons. The van der Waals surface area contributed by atoms with Gasteiger partial charge < -0.3 is 15.0 Å². The Labute approximate surface area is 236 Å². The highest BCUT2D eigenvalue weighted by molar-refractivity contribution is 5.89. The number of pyridine rings is 1. The van der Waals surface area contributed by atoms with E-state index >= 15 is 0 Å². The summed E-state index contributed by atoms with van der Waals surface area (Å²) in [6.07, 6.45) is 11.7. The van der Waals surface area contributed by atoms with E-state index in [0.717, 1.165) is 93.7 Å². The molecule has 1 atom stereocenters. The fourth-order valence-corrected chi connectivity index (χ4v) is 7.96. The van der Waals surface area contributed by atoms with Crippen molar-refractivity contribution >= 4 is 22.6 Å². The van der Waals surface area contributed by atoms with Crippen LogP contribution in [-0.4, -0.2) is 55.7 Å². The van der Waals surface area contributed by atoms with Gasteiger partial charge in [-0.25, -0.2) is 9.67 Å². The van der Waals surface area contributed by atoms with Gasteiger partial charge in [0.2, 0.25) is 5.91 Å². The summed E-state index contributed by atoms with van der Waals surface area (Å²) in [7, 11) is 0. The van der Waals surface area contributed by atoms with Gasteiger partial charge in [-0.1, -0.05) is 0 Å². The first-order valence-electron chi connectivity index (χ1n) is 15.4. The topological polar surface area (TPSA) is 90.1 Å². The van der Waals surface area contributed by atoms with Crippen LogP contribution in [0.3, 0.4) is 0 Å². The van der Waals surface area contributed by atoms with Gasteiger partial charge in [0.1, 0.15) is 0 Å². The monoisotopic (exact) mass is 545 g/mol. The van der Waals surface area contributed by atoms with Crippen molar-refractivity contribution in [2.24, 2.45) is 11.3 Å². The average Bonchev–Trinajstić information content (AvgIpc) is 3.53. The van der Waals surface area contributed by atoms with Gasteiger partial charge >= 0.3 is 0 Å². The smallest absolute Gasteiger partial charge is 0.225 e. The van der Waals surface area contributed by atoms with Crippen LogP contribution in [0.5, 0.6) is 0 Å². The number of carbonyl (C=O) groups is 1. The van der Waals surface area contributed by atoms with Gasteiger partial charge in [0.15, 0.2) is 5.65 Å². The van der Waals surface area contributed by atoms with Crippen LogP contribution in [0, 0.1) is 25.2 Å². The molecule has 4 fully saturated rings. The number of fused-ring (bicyclic) bond motifs is 5. The summed E-state index contributed by atoms with van der Waals surface area (Å²) < 4.78 is 9.93. The maximum absolute atomic E-state index is 13.0. The van der Waals surface area contributed by atoms with Crippen molar-refractivity contribution in [1.82, 2.24) is 29.9 Å². The largest absolute Gasteiger partial charge is 0.381 e. The molecule has 8 rings (SSSR count). The number of rotatable bonds is 6. The van der Waals surface area contributed by atoms with E-state index in [1.165, 1.54) is 36.2 Å². The Hall–Kier alpha value is -2.94. The van der Waals surface area contributed by atoms with Crippen molar-refractivity contribution in [2.45, 2.75) is 104 Å². The molecule has 3 saturated carbocycles. The number of hydrogen-bond acceptors (Lipinski definition) is 6. The van der Waals surface area contributed by atoms with E-state index in [-0.39, 0.29) is 17.4 Å². The molecule has 0 spiro atoms. The SMILES string of the molecule is CCn1ncc2c(N3CCc4c(c(C)nn4CC45CCC(NC(=O)[C@H]6CCCOC6)(CC4)CC5)C3)cc(C)nc21. The van der Waals surface area contributed by atoms with Gasteiger partial charge in [0.25, 0.3) is 0 Å². The third-order valence-corrected chi connectivity index (χ3v) is 10.5. The van der Waals surface area contributed by atoms with Gasteiger partial charge in [-0.2, -0.15) is 10.2 Å². The van der Waals surface area contributed by atoms with Crippen molar-refractivity contribution in [3.63, 3.8) is 0 Å². The summed E-state index contributed by atoms with van der Waals surface area (Å²) in [6.45, 7) is 11.4. The third kappa shape index (κ3) is 4.41. The molecule has 0 aromatic carbocycles. The number of nitrogens with zero attached hydrogens (tertiary/aromatic N) is 6. The first kappa shape index (κ1) is 26.0. The lowest BCUT2D eigenvalue weighted by Gasteiger charge is -2.54. The molecule has 3 aromatic rings. The number of amides is 1. The summed E-state index contributed by atoms with van der Waals surface area (Å²) in [4.78, 5) is 20.3. The summed E-state index contributed by atoms with van der Waals surface area (Å²) in [5.41, 5.74) is 7.50. The van der Waals surface area contributed by atoms with E-state index in [1.807, 2.05) is 10.9 Å². The summed E-state index contributed by atoms with van der Waals surface area (Å²) in [6, 6.07) is 2.21. The van der Waals surface area contributed by atoms with Crippen molar-refractivity contribution in [3.8, 4) is 0 Å². The van der Waals surface area contributed by atoms with E-state index in [9.17, 15) is 4.79 Å². The fraction of sp³-hybridized carbons (Fsp3) is 0.677. The third-order valence-electron chi connectivity index (χ3n) is 10.5. The van der Waals surface area contributed by atoms with E-state index in [2.05, 4.69) is 46.8 Å². The van der Waals surface area contributed by atoms with Crippen LogP contribution in [0.15, 0.2) is 12.3 Å². The Morgan fingerprint density at radius 2 is 1.95 bits per heavy atom. The molecule has 0 radical (unpaired) electrons. The number of aromatic nitrogens is 5. The second kappa shape index (κ2) is 9.86. The highest BCUT2D eigenvalue weighted by Crippen LogP contribution is 2.53. The maximum Gasteiger partial charge on any atom is 0.225 e. The van der Waals surface area contributed by atoms with Gasteiger partial charge in [0, 0.05) is 61.7 Å². The van der Waals surface area contributed by atoms with Crippen molar-refractivity contribution < 1.29 is 9.53 Å². The Balaban J connectivity index is 1.06. The minimum atomic E-state index is -0.00413. The van der Waals surface area contributed by atoms with Crippen LogP contribution in [0.1, 0.15) is 80.9 Å². The van der Waals surface area contributed by atoms with Gasteiger partial charge in [0.05, 0.1) is 35.5 Å². The molecule has 2 aliphatic heterocycles.